The summed E-state index contributed by atoms with van der Waals surface area (Å²) in [6, 6.07) is 0. The maximum atomic E-state index is 12.6. The van der Waals surface area contributed by atoms with Crippen LogP contribution in [0.4, 0.5) is 0 Å². The van der Waals surface area contributed by atoms with E-state index in [9.17, 15) is 9.59 Å². The average molecular weight is 550 g/mol. The van der Waals surface area contributed by atoms with Crippen LogP contribution in [0.3, 0.4) is 0 Å². The SMILES string of the molecule is CCCCC(CC)(CC)C(=O)[O][Pb][O]C(=O)C(CC)(CC)CCCC. The van der Waals surface area contributed by atoms with Crippen LogP contribution in [-0.4, -0.2) is 37.1 Å². The third kappa shape index (κ3) is 7.18. The third-order valence-electron chi connectivity index (χ3n) is 5.86. The van der Waals surface area contributed by atoms with Crippen molar-refractivity contribution in [2.75, 3.05) is 0 Å². The molecule has 0 unspecified atom stereocenters. The summed E-state index contributed by atoms with van der Waals surface area (Å²) in [5.74, 6) is -0.288. The minimum absolute atomic E-state index is 0.144. The van der Waals surface area contributed by atoms with Gasteiger partial charge in [0.1, 0.15) is 0 Å². The Morgan fingerprint density at radius 1 is 0.680 bits per heavy atom. The minimum atomic E-state index is -2.17. The Hall–Kier alpha value is -0.138. The van der Waals surface area contributed by atoms with Gasteiger partial charge >= 0.3 is 169 Å². The molecule has 0 heterocycles. The van der Waals surface area contributed by atoms with Crippen LogP contribution in [0.5, 0.6) is 0 Å². The molecular formula is C20H38O4Pb. The summed E-state index contributed by atoms with van der Waals surface area (Å²) in [6.07, 6.45) is 9.03. The molecular weight excluding hydrogens is 511 g/mol. The van der Waals surface area contributed by atoms with Crippen molar-refractivity contribution < 1.29 is 15.0 Å². The van der Waals surface area contributed by atoms with Gasteiger partial charge in [0.2, 0.25) is 0 Å². The van der Waals surface area contributed by atoms with Gasteiger partial charge in [-0.15, -0.1) is 0 Å². The summed E-state index contributed by atoms with van der Waals surface area (Å²) in [5, 5.41) is 0. The quantitative estimate of drug-likeness (QED) is 0.265. The molecule has 0 fully saturated rings. The standard InChI is InChI=1S/2C10H20O2.Pb/c2*1-4-7-8-10(5-2,6-3)9(11)12;/h2*4-8H2,1-3H3,(H,11,12);/q;;+2/p-2. The van der Waals surface area contributed by atoms with Crippen LogP contribution in [-0.2, 0) is 15.0 Å². The Morgan fingerprint density at radius 2 is 1.00 bits per heavy atom. The van der Waals surface area contributed by atoms with Gasteiger partial charge in [-0.1, -0.05) is 0 Å². The summed E-state index contributed by atoms with van der Waals surface area (Å²) in [5.41, 5.74) is -0.797. The van der Waals surface area contributed by atoms with E-state index in [0.717, 1.165) is 64.2 Å². The molecule has 5 heteroatoms. The molecule has 0 atom stereocenters. The molecule has 0 rings (SSSR count). The fourth-order valence-electron chi connectivity index (χ4n) is 3.33. The molecule has 0 amide bonds. The second kappa shape index (κ2) is 13.1. The first kappa shape index (κ1) is 24.9. The van der Waals surface area contributed by atoms with Crippen molar-refractivity contribution in [3.05, 3.63) is 0 Å². The van der Waals surface area contributed by atoms with Crippen molar-refractivity contribution in [3.63, 3.8) is 0 Å². The van der Waals surface area contributed by atoms with Crippen molar-refractivity contribution in [2.24, 2.45) is 10.8 Å². The number of unbranched alkanes of at least 4 members (excludes halogenated alkanes) is 2. The predicted molar refractivity (Wildman–Crippen MR) is 103 cm³/mol. The Morgan fingerprint density at radius 3 is 1.24 bits per heavy atom. The molecule has 0 aromatic carbocycles. The average Bonchev–Trinajstić information content (AvgIpc) is 2.64. The Labute approximate surface area is 168 Å². The number of carbonyl (C=O) groups is 2. The molecule has 0 aliphatic carbocycles. The zero-order valence-corrected chi connectivity index (χ0v) is 21.1. The molecule has 146 valence electrons. The molecule has 2 radical (unpaired) electrons. The van der Waals surface area contributed by atoms with Gasteiger partial charge in [0.25, 0.3) is 0 Å². The molecule has 4 nitrogen and oxygen atoms in total. The van der Waals surface area contributed by atoms with E-state index in [1.807, 2.05) is 27.7 Å². The Kier molecular flexibility index (Phi) is 13.0. The van der Waals surface area contributed by atoms with Gasteiger partial charge in [0.05, 0.1) is 0 Å². The monoisotopic (exact) mass is 550 g/mol. The van der Waals surface area contributed by atoms with Crippen molar-refractivity contribution in [1.29, 1.82) is 0 Å². The van der Waals surface area contributed by atoms with Crippen molar-refractivity contribution >= 4 is 37.1 Å². The van der Waals surface area contributed by atoms with Crippen molar-refractivity contribution in [3.8, 4) is 0 Å². The molecule has 0 aliphatic heterocycles. The molecule has 0 aliphatic rings. The van der Waals surface area contributed by atoms with E-state index in [1.165, 1.54) is 0 Å². The van der Waals surface area contributed by atoms with Crippen LogP contribution in [0, 0.1) is 10.8 Å². The first-order chi connectivity index (χ1) is 11.9. The second-order valence-corrected chi connectivity index (χ2v) is 9.28. The first-order valence-corrected chi connectivity index (χ1v) is 13.3. The molecule has 0 saturated carbocycles. The van der Waals surface area contributed by atoms with Crippen LogP contribution in [0.15, 0.2) is 0 Å². The van der Waals surface area contributed by atoms with E-state index >= 15 is 0 Å². The van der Waals surface area contributed by atoms with Gasteiger partial charge in [0, 0.05) is 0 Å². The fourth-order valence-corrected chi connectivity index (χ4v) is 5.77. The van der Waals surface area contributed by atoms with Gasteiger partial charge in [-0.05, 0) is 0 Å². The molecule has 0 aromatic rings. The zero-order valence-electron chi connectivity index (χ0n) is 17.2. The number of carbonyl (C=O) groups excluding carboxylic acids is 2. The van der Waals surface area contributed by atoms with E-state index in [0.29, 0.717) is 0 Å². The Balaban J connectivity index is 4.74. The van der Waals surface area contributed by atoms with Crippen molar-refractivity contribution in [1.82, 2.24) is 0 Å². The molecule has 0 N–H and O–H groups in total. The molecule has 0 spiro atoms. The Bertz CT molecular complexity index is 351. The van der Waals surface area contributed by atoms with Crippen LogP contribution >= 0.6 is 0 Å². The van der Waals surface area contributed by atoms with E-state index < -0.39 is 36.0 Å². The van der Waals surface area contributed by atoms with Gasteiger partial charge in [-0.25, -0.2) is 0 Å². The number of hydrogen-bond donors (Lipinski definition) is 0. The van der Waals surface area contributed by atoms with Gasteiger partial charge < -0.3 is 0 Å². The normalized spacial score (nSPS) is 12.1. The van der Waals surface area contributed by atoms with Crippen LogP contribution < -0.4 is 0 Å². The van der Waals surface area contributed by atoms with E-state index in [1.54, 1.807) is 0 Å². The summed E-state index contributed by atoms with van der Waals surface area (Å²) in [6.45, 7) is 12.4. The van der Waals surface area contributed by atoms with Crippen LogP contribution in [0.25, 0.3) is 0 Å². The van der Waals surface area contributed by atoms with Gasteiger partial charge in [0.15, 0.2) is 0 Å². The van der Waals surface area contributed by atoms with Gasteiger partial charge in [-0.2, -0.15) is 0 Å². The summed E-state index contributed by atoms with van der Waals surface area (Å²) in [7, 11) is 0. The number of rotatable bonds is 14. The summed E-state index contributed by atoms with van der Waals surface area (Å²) >= 11 is -2.17. The van der Waals surface area contributed by atoms with Gasteiger partial charge in [-0.3, -0.25) is 0 Å². The summed E-state index contributed by atoms with van der Waals surface area (Å²) < 4.78 is 11.1. The fraction of sp³-hybridized carbons (Fsp3) is 0.900. The number of hydrogen-bond acceptors (Lipinski definition) is 4. The van der Waals surface area contributed by atoms with E-state index in [2.05, 4.69) is 13.8 Å². The molecule has 0 aromatic heterocycles. The molecule has 0 bridgehead atoms. The van der Waals surface area contributed by atoms with Crippen LogP contribution in [0.1, 0.15) is 106 Å². The third-order valence-corrected chi connectivity index (χ3v) is 7.95. The van der Waals surface area contributed by atoms with Crippen LogP contribution in [0.2, 0.25) is 0 Å². The first-order valence-electron chi connectivity index (χ1n) is 10.1. The van der Waals surface area contributed by atoms with E-state index in [4.69, 9.17) is 5.37 Å². The molecule has 25 heavy (non-hydrogen) atoms. The second-order valence-electron chi connectivity index (χ2n) is 7.04. The van der Waals surface area contributed by atoms with Crippen molar-refractivity contribution in [2.45, 2.75) is 106 Å². The van der Waals surface area contributed by atoms with E-state index in [-0.39, 0.29) is 11.9 Å². The molecule has 0 saturated heterocycles. The maximum absolute atomic E-state index is 12.6. The summed E-state index contributed by atoms with van der Waals surface area (Å²) in [4.78, 5) is 25.2. The topological polar surface area (TPSA) is 52.6 Å². The predicted octanol–water partition coefficient (Wildman–Crippen LogP) is 5.60. The zero-order chi connectivity index (χ0) is 19.3.